The summed E-state index contributed by atoms with van der Waals surface area (Å²) >= 11 is 0. The summed E-state index contributed by atoms with van der Waals surface area (Å²) in [6.07, 6.45) is 3.96. The second-order valence-electron chi connectivity index (χ2n) is 8.98. The van der Waals surface area contributed by atoms with Crippen LogP contribution >= 0.6 is 0 Å². The molecular formula is C26H33N3O3. The number of para-hydroxylation sites is 1. The fourth-order valence-corrected chi connectivity index (χ4v) is 4.45. The molecule has 2 amide bonds. The molecule has 0 bridgehead atoms. The molecule has 32 heavy (non-hydrogen) atoms. The Morgan fingerprint density at radius 2 is 1.50 bits per heavy atom. The van der Waals surface area contributed by atoms with Gasteiger partial charge < -0.3 is 19.4 Å². The van der Waals surface area contributed by atoms with Crippen LogP contribution in [0.2, 0.25) is 0 Å². The zero-order chi connectivity index (χ0) is 22.5. The maximum absolute atomic E-state index is 12.9. The SMILES string of the molecule is CN(C)c1ccc(C(=O)N2CCC(COc3ccccc3C(=O)N3CCCC3)CC2)cc1. The molecule has 2 heterocycles. The predicted octanol–water partition coefficient (Wildman–Crippen LogP) is 3.92. The van der Waals surface area contributed by atoms with Gasteiger partial charge in [0.25, 0.3) is 11.8 Å². The molecule has 170 valence electrons. The molecule has 2 aliphatic heterocycles. The van der Waals surface area contributed by atoms with E-state index in [4.69, 9.17) is 4.74 Å². The first-order valence-electron chi connectivity index (χ1n) is 11.6. The molecule has 6 nitrogen and oxygen atoms in total. The van der Waals surface area contributed by atoms with E-state index in [1.54, 1.807) is 0 Å². The van der Waals surface area contributed by atoms with E-state index in [0.717, 1.165) is 63.1 Å². The number of ether oxygens (including phenoxy) is 1. The molecule has 0 unspecified atom stereocenters. The Bertz CT molecular complexity index is 928. The van der Waals surface area contributed by atoms with Gasteiger partial charge in [-0.05, 0) is 68.0 Å². The van der Waals surface area contributed by atoms with Crippen LogP contribution in [0.1, 0.15) is 46.4 Å². The highest BCUT2D eigenvalue weighted by Crippen LogP contribution is 2.25. The molecule has 2 aliphatic rings. The molecule has 0 saturated carbocycles. The molecule has 0 N–H and O–H groups in total. The largest absolute Gasteiger partial charge is 0.492 e. The third-order valence-electron chi connectivity index (χ3n) is 6.52. The average Bonchev–Trinajstić information content (AvgIpc) is 3.37. The molecule has 2 saturated heterocycles. The lowest BCUT2D eigenvalue weighted by atomic mass is 9.97. The van der Waals surface area contributed by atoms with Gasteiger partial charge in [-0.15, -0.1) is 0 Å². The number of rotatable bonds is 6. The molecule has 4 rings (SSSR count). The van der Waals surface area contributed by atoms with Crippen LogP contribution in [0.25, 0.3) is 0 Å². The van der Waals surface area contributed by atoms with Crippen molar-refractivity contribution in [1.29, 1.82) is 0 Å². The number of anilines is 1. The molecule has 6 heteroatoms. The fourth-order valence-electron chi connectivity index (χ4n) is 4.45. The number of carbonyl (C=O) groups is 2. The van der Waals surface area contributed by atoms with E-state index in [-0.39, 0.29) is 11.8 Å². The van der Waals surface area contributed by atoms with Crippen molar-refractivity contribution in [3.05, 3.63) is 59.7 Å². The average molecular weight is 436 g/mol. The van der Waals surface area contributed by atoms with E-state index < -0.39 is 0 Å². The second kappa shape index (κ2) is 10.1. The first kappa shape index (κ1) is 22.2. The van der Waals surface area contributed by atoms with E-state index in [1.165, 1.54) is 0 Å². The minimum Gasteiger partial charge on any atom is -0.492 e. The topological polar surface area (TPSA) is 53.1 Å². The maximum Gasteiger partial charge on any atom is 0.257 e. The molecule has 2 fully saturated rings. The minimum atomic E-state index is 0.0683. The quantitative estimate of drug-likeness (QED) is 0.690. The van der Waals surface area contributed by atoms with Crippen molar-refractivity contribution in [2.45, 2.75) is 25.7 Å². The lowest BCUT2D eigenvalue weighted by Crippen LogP contribution is -2.39. The highest BCUT2D eigenvalue weighted by molar-refractivity contribution is 5.97. The van der Waals surface area contributed by atoms with Crippen molar-refractivity contribution < 1.29 is 14.3 Å². The number of hydrogen-bond donors (Lipinski definition) is 0. The molecule has 2 aromatic carbocycles. The van der Waals surface area contributed by atoms with Gasteiger partial charge in [0.15, 0.2) is 0 Å². The van der Waals surface area contributed by atoms with Gasteiger partial charge in [0.1, 0.15) is 5.75 Å². The predicted molar refractivity (Wildman–Crippen MR) is 126 cm³/mol. The van der Waals surface area contributed by atoms with Gasteiger partial charge in [0.2, 0.25) is 0 Å². The van der Waals surface area contributed by atoms with E-state index in [9.17, 15) is 9.59 Å². The third-order valence-corrected chi connectivity index (χ3v) is 6.52. The van der Waals surface area contributed by atoms with Gasteiger partial charge in [0, 0.05) is 51.5 Å². The van der Waals surface area contributed by atoms with Crippen LogP contribution < -0.4 is 9.64 Å². The number of likely N-dealkylation sites (tertiary alicyclic amines) is 2. The minimum absolute atomic E-state index is 0.0683. The van der Waals surface area contributed by atoms with Crippen LogP contribution in [0.3, 0.4) is 0 Å². The number of carbonyl (C=O) groups excluding carboxylic acids is 2. The van der Waals surface area contributed by atoms with Crippen molar-refractivity contribution in [2.75, 3.05) is 51.8 Å². The lowest BCUT2D eigenvalue weighted by molar-refractivity contribution is 0.0657. The van der Waals surface area contributed by atoms with Crippen LogP contribution in [0.4, 0.5) is 5.69 Å². The Hall–Kier alpha value is -3.02. The van der Waals surface area contributed by atoms with Gasteiger partial charge in [0.05, 0.1) is 12.2 Å². The maximum atomic E-state index is 12.9. The van der Waals surface area contributed by atoms with Crippen LogP contribution in [0, 0.1) is 5.92 Å². The molecule has 0 aliphatic carbocycles. The van der Waals surface area contributed by atoms with Gasteiger partial charge in [-0.25, -0.2) is 0 Å². The highest BCUT2D eigenvalue weighted by Gasteiger charge is 2.26. The lowest BCUT2D eigenvalue weighted by Gasteiger charge is -2.32. The molecule has 0 radical (unpaired) electrons. The van der Waals surface area contributed by atoms with Crippen LogP contribution in [0.5, 0.6) is 5.75 Å². The van der Waals surface area contributed by atoms with E-state index >= 15 is 0 Å². The molecule has 2 aromatic rings. The summed E-state index contributed by atoms with van der Waals surface area (Å²) in [5.41, 5.74) is 2.48. The first-order chi connectivity index (χ1) is 15.5. The molecule has 0 aromatic heterocycles. The third kappa shape index (κ3) is 5.06. The number of amides is 2. The molecule has 0 atom stereocenters. The molecule has 0 spiro atoms. The Morgan fingerprint density at radius 1 is 0.875 bits per heavy atom. The zero-order valence-corrected chi connectivity index (χ0v) is 19.1. The number of benzene rings is 2. The van der Waals surface area contributed by atoms with Crippen molar-refractivity contribution in [1.82, 2.24) is 9.80 Å². The van der Waals surface area contributed by atoms with E-state index in [1.807, 2.05) is 77.3 Å². The second-order valence-corrected chi connectivity index (χ2v) is 8.98. The van der Waals surface area contributed by atoms with Gasteiger partial charge >= 0.3 is 0 Å². The summed E-state index contributed by atoms with van der Waals surface area (Å²) in [7, 11) is 3.98. The Balaban J connectivity index is 1.29. The van der Waals surface area contributed by atoms with E-state index in [2.05, 4.69) is 0 Å². The fraction of sp³-hybridized carbons (Fsp3) is 0.462. The van der Waals surface area contributed by atoms with Crippen molar-refractivity contribution in [2.24, 2.45) is 5.92 Å². The summed E-state index contributed by atoms with van der Waals surface area (Å²) in [5.74, 6) is 1.21. The summed E-state index contributed by atoms with van der Waals surface area (Å²) in [6.45, 7) is 3.70. The van der Waals surface area contributed by atoms with Crippen molar-refractivity contribution in [3.8, 4) is 5.75 Å². The molecular weight excluding hydrogens is 402 g/mol. The summed E-state index contributed by atoms with van der Waals surface area (Å²) < 4.78 is 6.12. The standard InChI is InChI=1S/C26H33N3O3/c1-27(2)22-11-9-21(10-12-22)25(30)29-17-13-20(14-18-29)19-32-24-8-4-3-7-23(24)26(31)28-15-5-6-16-28/h3-4,7-12,20H,5-6,13-19H2,1-2H3. The van der Waals surface area contributed by atoms with Crippen molar-refractivity contribution >= 4 is 17.5 Å². The normalized spacial score (nSPS) is 16.8. The monoisotopic (exact) mass is 435 g/mol. The number of hydrogen-bond acceptors (Lipinski definition) is 4. The summed E-state index contributed by atoms with van der Waals surface area (Å²) in [6, 6.07) is 15.3. The summed E-state index contributed by atoms with van der Waals surface area (Å²) in [5, 5.41) is 0. The zero-order valence-electron chi connectivity index (χ0n) is 19.1. The number of nitrogens with zero attached hydrogens (tertiary/aromatic N) is 3. The summed E-state index contributed by atoms with van der Waals surface area (Å²) in [4.78, 5) is 31.6. The Morgan fingerprint density at radius 3 is 2.16 bits per heavy atom. The van der Waals surface area contributed by atoms with Gasteiger partial charge in [-0.3, -0.25) is 9.59 Å². The Labute approximate surface area is 190 Å². The van der Waals surface area contributed by atoms with Crippen LogP contribution in [-0.2, 0) is 0 Å². The van der Waals surface area contributed by atoms with Gasteiger partial charge in [-0.1, -0.05) is 12.1 Å². The van der Waals surface area contributed by atoms with E-state index in [0.29, 0.717) is 23.8 Å². The first-order valence-corrected chi connectivity index (χ1v) is 11.6. The number of piperidine rings is 1. The van der Waals surface area contributed by atoms with Crippen LogP contribution in [0.15, 0.2) is 48.5 Å². The van der Waals surface area contributed by atoms with Crippen molar-refractivity contribution in [3.63, 3.8) is 0 Å². The highest BCUT2D eigenvalue weighted by atomic mass is 16.5. The Kier molecular flexibility index (Phi) is 6.98. The van der Waals surface area contributed by atoms with Gasteiger partial charge in [-0.2, -0.15) is 0 Å². The smallest absolute Gasteiger partial charge is 0.257 e. The van der Waals surface area contributed by atoms with Crippen LogP contribution in [-0.4, -0.2) is 68.5 Å².